The second-order valence-corrected chi connectivity index (χ2v) is 5.30. The van der Waals surface area contributed by atoms with Gasteiger partial charge < -0.3 is 10.2 Å². The fourth-order valence-corrected chi connectivity index (χ4v) is 2.56. The van der Waals surface area contributed by atoms with Crippen molar-refractivity contribution in [2.75, 3.05) is 45.9 Å². The Morgan fingerprint density at radius 2 is 1.84 bits per heavy atom. The molecule has 1 fully saturated rings. The summed E-state index contributed by atoms with van der Waals surface area (Å²) in [6.07, 6.45) is -0.413. The molecule has 0 aromatic heterocycles. The van der Waals surface area contributed by atoms with E-state index in [4.69, 9.17) is 5.11 Å². The molecular weight excluding hydrogens is 240 g/mol. The number of hydrogen-bond donors (Lipinski definition) is 2. The van der Waals surface area contributed by atoms with Crippen LogP contribution in [0.5, 0.6) is 0 Å². The van der Waals surface area contributed by atoms with Crippen molar-refractivity contribution in [2.45, 2.75) is 13.0 Å². The molecule has 1 aromatic carbocycles. The minimum Gasteiger partial charge on any atom is -0.395 e. The number of aryl methyl sites for hydroxylation is 1. The molecule has 1 aromatic rings. The number of rotatable bonds is 5. The minimum absolute atomic E-state index is 0.228. The van der Waals surface area contributed by atoms with Crippen molar-refractivity contribution in [3.63, 3.8) is 0 Å². The quantitative estimate of drug-likeness (QED) is 0.819. The monoisotopic (exact) mass is 264 g/mol. The van der Waals surface area contributed by atoms with Crippen LogP contribution < -0.4 is 0 Å². The second kappa shape index (κ2) is 7.01. The Bertz CT molecular complexity index is 389. The summed E-state index contributed by atoms with van der Waals surface area (Å²) in [7, 11) is 0. The largest absolute Gasteiger partial charge is 0.395 e. The fourth-order valence-electron chi connectivity index (χ4n) is 2.56. The van der Waals surface area contributed by atoms with Gasteiger partial charge in [-0.3, -0.25) is 9.80 Å². The highest BCUT2D eigenvalue weighted by Crippen LogP contribution is 2.16. The smallest absolute Gasteiger partial charge is 0.0917 e. The predicted molar refractivity (Wildman–Crippen MR) is 76.1 cm³/mol. The zero-order valence-corrected chi connectivity index (χ0v) is 11.6. The maximum atomic E-state index is 10.3. The van der Waals surface area contributed by atoms with Crippen molar-refractivity contribution in [1.82, 2.24) is 9.80 Å². The minimum atomic E-state index is -0.413. The summed E-state index contributed by atoms with van der Waals surface area (Å²) in [5, 5.41) is 19.2. The van der Waals surface area contributed by atoms with Crippen LogP contribution >= 0.6 is 0 Å². The van der Waals surface area contributed by atoms with Crippen LogP contribution in [0, 0.1) is 6.92 Å². The Balaban J connectivity index is 1.82. The van der Waals surface area contributed by atoms with E-state index in [1.807, 2.05) is 31.2 Å². The second-order valence-electron chi connectivity index (χ2n) is 5.30. The van der Waals surface area contributed by atoms with Crippen LogP contribution in [-0.4, -0.2) is 65.9 Å². The summed E-state index contributed by atoms with van der Waals surface area (Å²) in [5.41, 5.74) is 2.18. The Labute approximate surface area is 115 Å². The third-order valence-electron chi connectivity index (χ3n) is 3.74. The first kappa shape index (κ1) is 14.5. The van der Waals surface area contributed by atoms with E-state index < -0.39 is 6.10 Å². The van der Waals surface area contributed by atoms with Gasteiger partial charge in [-0.2, -0.15) is 0 Å². The van der Waals surface area contributed by atoms with Gasteiger partial charge in [0.15, 0.2) is 0 Å². The molecule has 0 bridgehead atoms. The molecule has 1 aliphatic rings. The van der Waals surface area contributed by atoms with Gasteiger partial charge in [-0.25, -0.2) is 0 Å². The zero-order chi connectivity index (χ0) is 13.7. The summed E-state index contributed by atoms with van der Waals surface area (Å²) >= 11 is 0. The lowest BCUT2D eigenvalue weighted by atomic mass is 10.1. The van der Waals surface area contributed by atoms with Crippen LogP contribution in [0.1, 0.15) is 17.2 Å². The molecule has 0 saturated carbocycles. The van der Waals surface area contributed by atoms with E-state index in [-0.39, 0.29) is 6.61 Å². The number of β-amino-alcohol motifs (C(OH)–C–C–N with tert-alkyl or cyclic N) is 2. The third kappa shape index (κ3) is 4.28. The van der Waals surface area contributed by atoms with Crippen LogP contribution in [0.25, 0.3) is 0 Å². The normalized spacial score (nSPS) is 19.5. The van der Waals surface area contributed by atoms with E-state index in [1.165, 1.54) is 5.56 Å². The first-order valence-corrected chi connectivity index (χ1v) is 6.99. The molecule has 4 heteroatoms. The lowest BCUT2D eigenvalue weighted by Gasteiger charge is -2.35. The third-order valence-corrected chi connectivity index (χ3v) is 3.74. The van der Waals surface area contributed by atoms with Gasteiger partial charge >= 0.3 is 0 Å². The van der Waals surface area contributed by atoms with Crippen LogP contribution in [0.4, 0.5) is 0 Å². The topological polar surface area (TPSA) is 46.9 Å². The molecule has 4 nitrogen and oxygen atoms in total. The molecule has 0 amide bonds. The lowest BCUT2D eigenvalue weighted by molar-refractivity contribution is 0.0661. The summed E-state index contributed by atoms with van der Waals surface area (Å²) < 4.78 is 0. The van der Waals surface area contributed by atoms with E-state index in [1.54, 1.807) is 0 Å². The molecule has 1 saturated heterocycles. The van der Waals surface area contributed by atoms with Crippen molar-refractivity contribution >= 4 is 0 Å². The fraction of sp³-hybridized carbons (Fsp3) is 0.600. The van der Waals surface area contributed by atoms with Gasteiger partial charge in [0.1, 0.15) is 0 Å². The number of nitrogens with zero attached hydrogens (tertiary/aromatic N) is 2. The van der Waals surface area contributed by atoms with Crippen LogP contribution in [0.15, 0.2) is 24.3 Å². The van der Waals surface area contributed by atoms with Crippen LogP contribution in [0.3, 0.4) is 0 Å². The Morgan fingerprint density at radius 3 is 2.47 bits per heavy atom. The number of piperazine rings is 1. The number of benzene rings is 1. The van der Waals surface area contributed by atoms with E-state index in [0.29, 0.717) is 6.54 Å². The highest BCUT2D eigenvalue weighted by atomic mass is 16.3. The molecule has 1 atom stereocenters. The van der Waals surface area contributed by atoms with E-state index in [9.17, 15) is 5.11 Å². The van der Waals surface area contributed by atoms with Gasteiger partial charge in [0.25, 0.3) is 0 Å². The average molecular weight is 264 g/mol. The number of aliphatic hydroxyl groups is 2. The van der Waals surface area contributed by atoms with Gasteiger partial charge in [-0.1, -0.05) is 29.8 Å². The van der Waals surface area contributed by atoms with E-state index in [2.05, 4.69) is 9.80 Å². The van der Waals surface area contributed by atoms with Gasteiger partial charge in [0.2, 0.25) is 0 Å². The van der Waals surface area contributed by atoms with Gasteiger partial charge in [0, 0.05) is 39.3 Å². The molecular formula is C15H24N2O2. The lowest BCUT2D eigenvalue weighted by Crippen LogP contribution is -2.48. The molecule has 1 aliphatic heterocycles. The van der Waals surface area contributed by atoms with Crippen LogP contribution in [-0.2, 0) is 0 Å². The van der Waals surface area contributed by atoms with Crippen molar-refractivity contribution < 1.29 is 10.2 Å². The van der Waals surface area contributed by atoms with Crippen molar-refractivity contribution in [3.05, 3.63) is 35.4 Å². The Morgan fingerprint density at radius 1 is 1.16 bits per heavy atom. The Kier molecular flexibility index (Phi) is 5.34. The molecule has 1 unspecified atom stereocenters. The first-order chi connectivity index (χ1) is 9.19. The van der Waals surface area contributed by atoms with Crippen LogP contribution in [0.2, 0.25) is 0 Å². The Hall–Kier alpha value is -0.940. The van der Waals surface area contributed by atoms with Gasteiger partial charge in [-0.05, 0) is 12.5 Å². The number of hydrogen-bond acceptors (Lipinski definition) is 4. The van der Waals surface area contributed by atoms with Gasteiger partial charge in [0.05, 0.1) is 12.7 Å². The molecule has 2 N–H and O–H groups in total. The SMILES string of the molecule is Cc1cccc(C(O)CN2CCN(CCO)CC2)c1. The predicted octanol–water partition coefficient (Wildman–Crippen LogP) is 0.638. The van der Waals surface area contributed by atoms with Crippen molar-refractivity contribution in [3.8, 4) is 0 Å². The highest BCUT2D eigenvalue weighted by molar-refractivity contribution is 5.24. The molecule has 0 spiro atoms. The zero-order valence-electron chi connectivity index (χ0n) is 11.6. The molecule has 106 valence electrons. The summed E-state index contributed by atoms with van der Waals surface area (Å²) in [6, 6.07) is 8.07. The average Bonchev–Trinajstić information content (AvgIpc) is 2.41. The van der Waals surface area contributed by atoms with Crippen molar-refractivity contribution in [1.29, 1.82) is 0 Å². The van der Waals surface area contributed by atoms with Gasteiger partial charge in [-0.15, -0.1) is 0 Å². The molecule has 1 heterocycles. The number of aliphatic hydroxyl groups excluding tert-OH is 2. The maximum absolute atomic E-state index is 10.3. The molecule has 0 radical (unpaired) electrons. The molecule has 19 heavy (non-hydrogen) atoms. The summed E-state index contributed by atoms with van der Waals surface area (Å²) in [6.45, 7) is 7.59. The summed E-state index contributed by atoms with van der Waals surface area (Å²) in [5.74, 6) is 0. The molecule has 2 rings (SSSR count). The standard InChI is InChI=1S/C15H24N2O2/c1-13-3-2-4-14(11-13)15(19)12-17-7-5-16(6-8-17)9-10-18/h2-4,11,15,18-19H,5-10,12H2,1H3. The molecule has 0 aliphatic carbocycles. The summed E-state index contributed by atoms with van der Waals surface area (Å²) in [4.78, 5) is 4.55. The van der Waals surface area contributed by atoms with Crippen molar-refractivity contribution in [2.24, 2.45) is 0 Å². The van der Waals surface area contributed by atoms with E-state index >= 15 is 0 Å². The first-order valence-electron chi connectivity index (χ1n) is 6.99. The highest BCUT2D eigenvalue weighted by Gasteiger charge is 2.19. The maximum Gasteiger partial charge on any atom is 0.0917 e. The van der Waals surface area contributed by atoms with E-state index in [0.717, 1.165) is 38.3 Å².